The Balaban J connectivity index is 1.49. The molecule has 1 saturated carbocycles. The Labute approximate surface area is 256 Å². The lowest BCUT2D eigenvalue weighted by molar-refractivity contribution is -0.131. The molecule has 43 heavy (non-hydrogen) atoms. The molecule has 0 radical (unpaired) electrons. The number of nitrogens with two attached hydrogens (primary N) is 2. The quantitative estimate of drug-likeness (QED) is 0.302. The third-order valence-corrected chi connectivity index (χ3v) is 8.80. The predicted octanol–water partition coefficient (Wildman–Crippen LogP) is 4.42. The number of rotatable bonds is 13. The number of nitrogens with one attached hydrogen (secondary N) is 1. The minimum atomic E-state index is -3.83. The van der Waals surface area contributed by atoms with E-state index in [4.69, 9.17) is 20.6 Å². The largest absolute Gasteiger partial charge is 0.439 e. The Morgan fingerprint density at radius 1 is 1.16 bits per heavy atom. The Morgan fingerprint density at radius 3 is 2.56 bits per heavy atom. The van der Waals surface area contributed by atoms with Gasteiger partial charge in [-0.1, -0.05) is 58.2 Å². The summed E-state index contributed by atoms with van der Waals surface area (Å²) in [5.41, 5.74) is 8.30. The lowest BCUT2D eigenvalue weighted by atomic mass is 9.81. The van der Waals surface area contributed by atoms with Gasteiger partial charge in [-0.15, -0.1) is 0 Å². The van der Waals surface area contributed by atoms with Crippen molar-refractivity contribution < 1.29 is 17.9 Å². The number of para-hydroxylation sites is 1. The van der Waals surface area contributed by atoms with Crippen LogP contribution in [0.4, 0.5) is 5.69 Å². The summed E-state index contributed by atoms with van der Waals surface area (Å²) >= 11 is 0. The molecule has 4 rings (SSSR count). The summed E-state index contributed by atoms with van der Waals surface area (Å²) in [6.45, 7) is 7.81. The van der Waals surface area contributed by atoms with Gasteiger partial charge in [0.2, 0.25) is 11.8 Å². The van der Waals surface area contributed by atoms with Crippen molar-refractivity contribution in [3.63, 3.8) is 0 Å². The highest BCUT2D eigenvalue weighted by Crippen LogP contribution is 2.36. The first kappa shape index (κ1) is 32.7. The molecular formula is C31H47N7O4S. The number of aliphatic imine (C=N–C) groups is 1. The highest BCUT2D eigenvalue weighted by molar-refractivity contribution is 7.87. The number of fused-ring (bicyclic) bond motifs is 1. The standard InChI is InChI=1S/C31H47N7O4S/c1-31(2,3)16-18-37(19-17-35-43(33,40)41)29(39)15-14-27(23-10-6-4-7-11-23)38-22-24-20-28(34-21-26(24)36-30(38)32)42-25-12-8-5-9-13-25/h5,8-9,12-13,20-21,23,27,35H,4,6-7,10-11,14-19,22H2,1-3H3,(H2,32,36)(H2,33,40,41)/t27-/m0/s1. The molecule has 1 fully saturated rings. The molecule has 1 atom stereocenters. The molecule has 0 spiro atoms. The van der Waals surface area contributed by atoms with Gasteiger partial charge in [-0.2, -0.15) is 8.42 Å². The third kappa shape index (κ3) is 10.2. The van der Waals surface area contributed by atoms with Gasteiger partial charge in [0, 0.05) is 50.3 Å². The van der Waals surface area contributed by atoms with Gasteiger partial charge in [-0.25, -0.2) is 19.8 Å². The lowest BCUT2D eigenvalue weighted by Crippen LogP contribution is -2.49. The fourth-order valence-corrected chi connectivity index (χ4v) is 6.22. The van der Waals surface area contributed by atoms with Crippen LogP contribution < -0.4 is 20.3 Å². The minimum absolute atomic E-state index is 0.00283. The lowest BCUT2D eigenvalue weighted by Gasteiger charge is -2.41. The van der Waals surface area contributed by atoms with E-state index in [2.05, 4.69) is 35.4 Å². The number of carbonyl (C=O) groups is 1. The van der Waals surface area contributed by atoms with Crippen LogP contribution in [-0.2, 0) is 21.5 Å². The molecule has 1 aromatic heterocycles. The maximum atomic E-state index is 13.6. The Bertz CT molecular complexity index is 1360. The van der Waals surface area contributed by atoms with Crippen molar-refractivity contribution in [3.8, 4) is 11.6 Å². The fourth-order valence-electron chi connectivity index (χ4n) is 5.85. The van der Waals surface area contributed by atoms with E-state index in [-0.39, 0.29) is 30.5 Å². The Morgan fingerprint density at radius 2 is 1.88 bits per heavy atom. The molecule has 1 aliphatic heterocycles. The zero-order valence-corrected chi connectivity index (χ0v) is 26.5. The molecule has 1 amide bonds. The number of ether oxygens (including phenoxy) is 1. The van der Waals surface area contributed by atoms with Gasteiger partial charge in [0.15, 0.2) is 5.96 Å². The van der Waals surface area contributed by atoms with E-state index < -0.39 is 10.2 Å². The van der Waals surface area contributed by atoms with E-state index in [0.29, 0.717) is 49.4 Å². The van der Waals surface area contributed by atoms with E-state index in [0.717, 1.165) is 43.4 Å². The van der Waals surface area contributed by atoms with Gasteiger partial charge in [0.05, 0.1) is 11.9 Å². The molecule has 12 heteroatoms. The molecule has 1 aromatic carbocycles. The van der Waals surface area contributed by atoms with Gasteiger partial charge < -0.3 is 20.3 Å². The molecule has 0 bridgehead atoms. The second kappa shape index (κ2) is 14.5. The molecular weight excluding hydrogens is 566 g/mol. The normalized spacial score (nSPS) is 16.7. The van der Waals surface area contributed by atoms with Crippen LogP contribution in [0.2, 0.25) is 0 Å². The van der Waals surface area contributed by atoms with E-state index >= 15 is 0 Å². The predicted molar refractivity (Wildman–Crippen MR) is 169 cm³/mol. The van der Waals surface area contributed by atoms with E-state index in [1.54, 1.807) is 11.1 Å². The summed E-state index contributed by atoms with van der Waals surface area (Å²) in [5.74, 6) is 2.03. The molecule has 236 valence electrons. The summed E-state index contributed by atoms with van der Waals surface area (Å²) in [6, 6.07) is 11.5. The monoisotopic (exact) mass is 613 g/mol. The first-order valence-electron chi connectivity index (χ1n) is 15.3. The van der Waals surface area contributed by atoms with Crippen molar-refractivity contribution in [1.82, 2.24) is 19.5 Å². The van der Waals surface area contributed by atoms with Crippen molar-refractivity contribution in [2.45, 2.75) is 84.7 Å². The highest BCUT2D eigenvalue weighted by atomic mass is 32.2. The van der Waals surface area contributed by atoms with Crippen LogP contribution in [0.1, 0.15) is 77.7 Å². The number of pyridine rings is 1. The van der Waals surface area contributed by atoms with Crippen molar-refractivity contribution in [1.29, 1.82) is 0 Å². The van der Waals surface area contributed by atoms with E-state index in [1.165, 1.54) is 6.42 Å². The van der Waals surface area contributed by atoms with Crippen LogP contribution in [0.25, 0.3) is 0 Å². The van der Waals surface area contributed by atoms with E-state index in [9.17, 15) is 13.2 Å². The molecule has 2 aromatic rings. The number of aromatic nitrogens is 1. The smallest absolute Gasteiger partial charge is 0.274 e. The van der Waals surface area contributed by atoms with Crippen molar-refractivity contribution in [3.05, 3.63) is 48.2 Å². The van der Waals surface area contributed by atoms with Crippen LogP contribution in [0.15, 0.2) is 47.6 Å². The first-order valence-corrected chi connectivity index (χ1v) is 16.8. The van der Waals surface area contributed by atoms with E-state index in [1.807, 2.05) is 36.4 Å². The van der Waals surface area contributed by atoms with Crippen LogP contribution in [-0.4, -0.2) is 60.7 Å². The number of guanidine groups is 1. The maximum absolute atomic E-state index is 13.6. The number of hydrogen-bond donors (Lipinski definition) is 3. The Hall–Kier alpha value is -3.22. The minimum Gasteiger partial charge on any atom is -0.439 e. The van der Waals surface area contributed by atoms with Crippen LogP contribution in [0.3, 0.4) is 0 Å². The highest BCUT2D eigenvalue weighted by Gasteiger charge is 2.33. The van der Waals surface area contributed by atoms with Crippen molar-refractivity contribution in [2.24, 2.45) is 27.2 Å². The number of nitrogens with zero attached hydrogens (tertiary/aromatic N) is 4. The van der Waals surface area contributed by atoms with Gasteiger partial charge in [0.25, 0.3) is 10.2 Å². The zero-order chi connectivity index (χ0) is 31.0. The average molecular weight is 614 g/mol. The number of carbonyl (C=O) groups excluding carboxylic acids is 1. The molecule has 2 aliphatic rings. The molecule has 0 unspecified atom stereocenters. The average Bonchev–Trinajstić information content (AvgIpc) is 2.95. The van der Waals surface area contributed by atoms with Gasteiger partial charge in [-0.3, -0.25) is 4.79 Å². The number of amides is 1. The maximum Gasteiger partial charge on any atom is 0.274 e. The summed E-state index contributed by atoms with van der Waals surface area (Å²) < 4.78 is 31.1. The summed E-state index contributed by atoms with van der Waals surface area (Å²) in [7, 11) is -3.83. The van der Waals surface area contributed by atoms with Crippen molar-refractivity contribution >= 4 is 27.8 Å². The fraction of sp³-hybridized carbons (Fsp3) is 0.581. The molecule has 0 saturated heterocycles. The van der Waals surface area contributed by atoms with Gasteiger partial charge >= 0.3 is 0 Å². The van der Waals surface area contributed by atoms with Crippen LogP contribution in [0.5, 0.6) is 11.6 Å². The molecule has 11 nitrogen and oxygen atoms in total. The third-order valence-electron chi connectivity index (χ3n) is 8.19. The van der Waals surface area contributed by atoms with Crippen LogP contribution >= 0.6 is 0 Å². The molecule has 5 N–H and O–H groups in total. The first-order chi connectivity index (χ1) is 20.4. The number of hydrogen-bond acceptors (Lipinski definition) is 8. The molecule has 1 aliphatic carbocycles. The molecule has 2 heterocycles. The second-order valence-corrected chi connectivity index (χ2v) is 14.2. The summed E-state index contributed by atoms with van der Waals surface area (Å²) in [4.78, 5) is 26.6. The topological polar surface area (TPSA) is 156 Å². The number of benzene rings is 1. The second-order valence-electron chi connectivity index (χ2n) is 12.8. The SMILES string of the molecule is CC(C)(C)CCN(CCNS(N)(=O)=O)C(=O)CC[C@@H](C1CCCCC1)N1Cc2cc(Oc3ccccc3)ncc2N=C1N. The summed E-state index contributed by atoms with van der Waals surface area (Å²) in [5, 5.41) is 5.12. The summed E-state index contributed by atoms with van der Waals surface area (Å²) in [6.07, 6.45) is 9.15. The van der Waals surface area contributed by atoms with Crippen LogP contribution in [0, 0.1) is 11.3 Å². The van der Waals surface area contributed by atoms with Gasteiger partial charge in [0.1, 0.15) is 5.75 Å². The van der Waals surface area contributed by atoms with Gasteiger partial charge in [-0.05, 0) is 49.1 Å². The van der Waals surface area contributed by atoms with Crippen molar-refractivity contribution in [2.75, 3.05) is 19.6 Å². The zero-order valence-electron chi connectivity index (χ0n) is 25.7. The Kier molecular flexibility index (Phi) is 11.0.